The average Bonchev–Trinajstić information content (AvgIpc) is 2.80. The smallest absolute Gasteiger partial charge is 0.469 e. The molecule has 38 heavy (non-hydrogen) atoms. The molecule has 0 spiro atoms. The molecule has 3 aromatic rings. The summed E-state index contributed by atoms with van der Waals surface area (Å²) in [6.45, 7) is 0.298. The van der Waals surface area contributed by atoms with Crippen molar-refractivity contribution in [2.24, 2.45) is 10.2 Å². The number of aldehydes is 1. The summed E-state index contributed by atoms with van der Waals surface area (Å²) in [5, 5.41) is 27.9. The zero-order valence-electron chi connectivity index (χ0n) is 18.6. The van der Waals surface area contributed by atoms with Crippen LogP contribution in [0.25, 0.3) is 10.8 Å². The number of aromatic nitrogens is 1. The Bertz CT molecular complexity index is 1700. The third kappa shape index (κ3) is 6.29. The number of nitro groups is 1. The Morgan fingerprint density at radius 3 is 2.39 bits per heavy atom. The van der Waals surface area contributed by atoms with Crippen molar-refractivity contribution in [3.8, 4) is 5.75 Å². The largest absolute Gasteiger partial charge is 0.768 e. The molecule has 2 aromatic carbocycles. The minimum Gasteiger partial charge on any atom is -0.768 e. The molecule has 0 saturated carbocycles. The Labute approximate surface area is 214 Å². The number of phosphoric ester groups is 1. The van der Waals surface area contributed by atoms with Crippen LogP contribution in [0.3, 0.4) is 0 Å². The summed E-state index contributed by atoms with van der Waals surface area (Å²) >= 11 is -3.10. The van der Waals surface area contributed by atoms with Crippen molar-refractivity contribution in [1.82, 2.24) is 4.98 Å². The predicted molar refractivity (Wildman–Crippen MR) is 125 cm³/mol. The lowest BCUT2D eigenvalue weighted by molar-refractivity contribution is -0.384. The minimum absolute atomic E-state index is 0.140. The van der Waals surface area contributed by atoms with Crippen LogP contribution in [0.5, 0.6) is 5.75 Å². The summed E-state index contributed by atoms with van der Waals surface area (Å²) in [6.07, 6.45) is 0.140. The third-order valence-electron chi connectivity index (χ3n) is 4.85. The van der Waals surface area contributed by atoms with Crippen LogP contribution in [0.4, 0.5) is 17.2 Å². The van der Waals surface area contributed by atoms with Crippen LogP contribution in [0.1, 0.15) is 21.6 Å². The van der Waals surface area contributed by atoms with Crippen LogP contribution in [0, 0.1) is 17.0 Å². The molecular weight excluding hydrogens is 575 g/mol. The number of azo groups is 1. The van der Waals surface area contributed by atoms with E-state index >= 15 is 0 Å². The zero-order valence-corrected chi connectivity index (χ0v) is 21.1. The maximum atomic E-state index is 11.9. The van der Waals surface area contributed by atoms with Crippen molar-refractivity contribution in [2.75, 3.05) is 0 Å². The molecule has 0 aliphatic rings. The van der Waals surface area contributed by atoms with Gasteiger partial charge in [0.05, 0.1) is 28.5 Å². The number of phosphoric acid groups is 1. The van der Waals surface area contributed by atoms with E-state index in [1.54, 1.807) is 0 Å². The fourth-order valence-electron chi connectivity index (χ4n) is 3.22. The number of non-ortho nitro benzene ring substituents is 1. The molecule has 0 saturated heterocycles. The maximum Gasteiger partial charge on any atom is 0.469 e. The van der Waals surface area contributed by atoms with E-state index in [9.17, 15) is 46.3 Å². The summed E-state index contributed by atoms with van der Waals surface area (Å²) < 4.78 is 72.6. The van der Waals surface area contributed by atoms with E-state index in [0.717, 1.165) is 18.2 Å². The quantitative estimate of drug-likeness (QED) is 0.0530. The van der Waals surface area contributed by atoms with Crippen molar-refractivity contribution >= 4 is 63.3 Å². The van der Waals surface area contributed by atoms with E-state index in [0.29, 0.717) is 6.07 Å². The Morgan fingerprint density at radius 2 is 1.87 bits per heavy atom. The maximum absolute atomic E-state index is 11.9. The number of nitrogens with zero attached hydrogens (tertiary/aromatic N) is 4. The van der Waals surface area contributed by atoms with E-state index < -0.39 is 89.5 Å². The van der Waals surface area contributed by atoms with Gasteiger partial charge in [0, 0.05) is 33.4 Å². The molecule has 0 aliphatic carbocycles. The van der Waals surface area contributed by atoms with Crippen molar-refractivity contribution in [3.05, 3.63) is 51.2 Å². The van der Waals surface area contributed by atoms with Crippen LogP contribution < -0.4 is 0 Å². The fraction of sp³-hybridized carbons (Fsp3) is 0.111. The van der Waals surface area contributed by atoms with Crippen LogP contribution in [-0.2, 0) is 36.9 Å². The molecule has 1 atom stereocenters. The molecule has 1 unspecified atom stereocenters. The first-order chi connectivity index (χ1) is 17.5. The number of hydrogen-bond acceptors (Lipinski definition) is 13. The molecule has 0 fully saturated rings. The summed E-state index contributed by atoms with van der Waals surface area (Å²) in [5.74, 6) is -1.13. The molecule has 1 aromatic heterocycles. The van der Waals surface area contributed by atoms with Gasteiger partial charge >= 0.3 is 7.82 Å². The first kappa shape index (κ1) is 29.0. The van der Waals surface area contributed by atoms with E-state index in [4.69, 9.17) is 9.79 Å². The van der Waals surface area contributed by atoms with Gasteiger partial charge in [0.2, 0.25) is 0 Å². The normalized spacial score (nSPS) is 13.2. The van der Waals surface area contributed by atoms with Crippen LogP contribution in [0.15, 0.2) is 44.3 Å². The summed E-state index contributed by atoms with van der Waals surface area (Å²) in [6, 6.07) is 3.07. The van der Waals surface area contributed by atoms with Gasteiger partial charge in [0.25, 0.3) is 15.8 Å². The average molecular weight is 589 g/mol. The predicted octanol–water partition coefficient (Wildman–Crippen LogP) is 2.48. The molecule has 202 valence electrons. The number of carbonyl (C=O) groups excluding carboxylic acids is 1. The van der Waals surface area contributed by atoms with E-state index in [2.05, 4.69) is 19.7 Å². The van der Waals surface area contributed by atoms with Gasteiger partial charge in [-0.05, 0) is 30.1 Å². The molecule has 0 bridgehead atoms. The van der Waals surface area contributed by atoms with Crippen LogP contribution in [0.2, 0.25) is 0 Å². The lowest BCUT2D eigenvalue weighted by atomic mass is 10.1. The highest BCUT2D eigenvalue weighted by molar-refractivity contribution is 7.86. The number of pyridine rings is 1. The van der Waals surface area contributed by atoms with Gasteiger partial charge in [-0.2, -0.15) is 8.42 Å². The minimum atomic E-state index is -5.11. The third-order valence-corrected chi connectivity index (χ3v) is 6.91. The molecule has 1 heterocycles. The van der Waals surface area contributed by atoms with Gasteiger partial charge < -0.3 is 19.4 Å². The molecule has 3 rings (SSSR count). The standard InChI is InChI=1S/C18H15N4O13PS2/c1-8-17(24)13(6-23)14(7-35-36(27,28)29)18(19-8)21-20-9-2-12-11(15(3-9)37(30)31)4-10(22(25)26)5-16(12)38(32,33)34/h2-6,24H,7H2,1H3,(H,30,31)(H2,27,28,29)(H,32,33,34)/p-1. The summed E-state index contributed by atoms with van der Waals surface area (Å²) in [4.78, 5) is 41.9. The van der Waals surface area contributed by atoms with E-state index in [1.165, 1.54) is 6.92 Å². The number of hydrogen-bond donors (Lipinski definition) is 4. The highest BCUT2D eigenvalue weighted by Crippen LogP contribution is 2.40. The van der Waals surface area contributed by atoms with Crippen LogP contribution in [-0.4, -0.2) is 52.8 Å². The Morgan fingerprint density at radius 1 is 1.21 bits per heavy atom. The first-order valence-corrected chi connectivity index (χ1v) is 13.7. The first-order valence-electron chi connectivity index (χ1n) is 9.66. The van der Waals surface area contributed by atoms with Gasteiger partial charge in [-0.1, -0.05) is 0 Å². The zero-order chi connectivity index (χ0) is 28.6. The molecule has 0 radical (unpaired) electrons. The number of aromatic hydroxyl groups is 1. The van der Waals surface area contributed by atoms with E-state index in [1.807, 2.05) is 0 Å². The lowest BCUT2D eigenvalue weighted by Crippen LogP contribution is -2.03. The number of rotatable bonds is 9. The van der Waals surface area contributed by atoms with Gasteiger partial charge in [0.15, 0.2) is 12.1 Å². The van der Waals surface area contributed by atoms with Crippen molar-refractivity contribution in [1.29, 1.82) is 0 Å². The summed E-state index contributed by atoms with van der Waals surface area (Å²) in [7, 11) is -10.2. The van der Waals surface area contributed by atoms with E-state index in [-0.39, 0.29) is 17.7 Å². The number of carbonyl (C=O) groups is 1. The van der Waals surface area contributed by atoms with Gasteiger partial charge in [-0.15, -0.1) is 10.2 Å². The lowest BCUT2D eigenvalue weighted by Gasteiger charge is -2.13. The summed E-state index contributed by atoms with van der Waals surface area (Å²) in [5.41, 5.74) is -2.25. The van der Waals surface area contributed by atoms with Crippen molar-refractivity contribution in [2.45, 2.75) is 23.3 Å². The SMILES string of the molecule is Cc1nc(N=Nc2cc(S(=O)[O-])c3cc([N+](=O)[O-])cc(S(=O)(=O)O)c3c2)c(COP(=O)(O)O)c(C=O)c1O. The van der Waals surface area contributed by atoms with Gasteiger partial charge in [-0.25, -0.2) is 9.55 Å². The Hall–Kier alpha value is -3.55. The molecule has 0 amide bonds. The number of aryl methyl sites for hydroxylation is 1. The highest BCUT2D eigenvalue weighted by atomic mass is 32.2. The molecule has 0 aliphatic heterocycles. The molecule has 20 heteroatoms. The van der Waals surface area contributed by atoms with Crippen molar-refractivity contribution < 1.29 is 55.4 Å². The second-order valence-electron chi connectivity index (χ2n) is 7.29. The fourth-order valence-corrected chi connectivity index (χ4v) is 4.80. The highest BCUT2D eigenvalue weighted by Gasteiger charge is 2.24. The van der Waals surface area contributed by atoms with Gasteiger partial charge in [-0.3, -0.25) is 28.2 Å². The van der Waals surface area contributed by atoms with Crippen molar-refractivity contribution in [3.63, 3.8) is 0 Å². The number of fused-ring (bicyclic) bond motifs is 1. The van der Waals surface area contributed by atoms with Crippen LogP contribution >= 0.6 is 7.82 Å². The molecular formula is C18H14N4O13PS2-. The second kappa shape index (κ2) is 10.7. The second-order valence-corrected chi connectivity index (χ2v) is 10.8. The number of nitro benzene ring substituents is 1. The topological polar surface area (TPSA) is 279 Å². The monoisotopic (exact) mass is 589 g/mol. The number of benzene rings is 2. The molecule has 4 N–H and O–H groups in total. The molecule has 17 nitrogen and oxygen atoms in total. The Kier molecular flexibility index (Phi) is 8.15. The Balaban J connectivity index is 2.29. The van der Waals surface area contributed by atoms with Gasteiger partial charge in [0.1, 0.15) is 10.6 Å².